The van der Waals surface area contributed by atoms with E-state index in [4.69, 9.17) is 20.2 Å². The van der Waals surface area contributed by atoms with Gasteiger partial charge in [-0.05, 0) is 6.42 Å². The first kappa shape index (κ1) is 15.4. The van der Waals surface area contributed by atoms with Gasteiger partial charge >= 0.3 is 33.3 Å². The van der Waals surface area contributed by atoms with Crippen molar-refractivity contribution in [3.05, 3.63) is 12.4 Å². The molecule has 0 unspecified atom stereocenters. The summed E-state index contributed by atoms with van der Waals surface area (Å²) in [7, 11) is 11.6. The molecule has 1 aliphatic heterocycles. The topological polar surface area (TPSA) is 6.48 Å². The summed E-state index contributed by atoms with van der Waals surface area (Å²) < 4.78 is 0. The molecule has 5 heteroatoms. The maximum absolute atomic E-state index is 4.76. The predicted molar refractivity (Wildman–Crippen MR) is 64.3 cm³/mol. The van der Waals surface area contributed by atoms with Gasteiger partial charge in [-0.15, -0.1) is 0 Å². The van der Waals surface area contributed by atoms with Crippen LogP contribution >= 0.6 is 20.2 Å². The number of rotatable bonds is 5. The molecule has 0 aromatic heterocycles. The van der Waals surface area contributed by atoms with Gasteiger partial charge in [-0.2, -0.15) is 0 Å². The Morgan fingerprint density at radius 3 is 2.33 bits per heavy atom. The molecule has 0 saturated heterocycles. The van der Waals surface area contributed by atoms with Crippen molar-refractivity contribution in [2.75, 3.05) is 20.3 Å². The molecular formula is C10H20Cl2FeN2. The monoisotopic (exact) mass is 294 g/mol. The third-order valence-electron chi connectivity index (χ3n) is 2.24. The van der Waals surface area contributed by atoms with E-state index >= 15 is 0 Å². The molecule has 0 spiro atoms. The van der Waals surface area contributed by atoms with Crippen LogP contribution in [-0.4, -0.2) is 30.1 Å². The minimum absolute atomic E-state index is 0.194. The van der Waals surface area contributed by atoms with Crippen LogP contribution in [0.3, 0.4) is 0 Å². The Labute approximate surface area is 108 Å². The molecule has 1 aliphatic rings. The van der Waals surface area contributed by atoms with Gasteiger partial charge in [-0.25, -0.2) is 0 Å². The number of nitrogens with zero attached hydrogens (tertiary/aromatic N) is 2. The van der Waals surface area contributed by atoms with Crippen molar-refractivity contribution in [2.45, 2.75) is 32.6 Å². The number of hydrogen-bond acceptors (Lipinski definition) is 2. The van der Waals surface area contributed by atoms with Gasteiger partial charge in [0.2, 0.25) is 0 Å². The molecule has 1 rings (SSSR count). The average Bonchev–Trinajstić information content (AvgIpc) is 2.60. The quantitative estimate of drug-likeness (QED) is 0.564. The second-order valence-electron chi connectivity index (χ2n) is 3.62. The van der Waals surface area contributed by atoms with Crippen molar-refractivity contribution >= 4 is 20.2 Å². The van der Waals surface area contributed by atoms with Gasteiger partial charge in [0.15, 0.2) is 0 Å². The predicted octanol–water partition coefficient (Wildman–Crippen LogP) is 3.62. The van der Waals surface area contributed by atoms with Gasteiger partial charge < -0.3 is 9.80 Å². The number of hydrogen-bond donors (Lipinski definition) is 0. The fraction of sp³-hybridized carbons (Fsp3) is 0.800. The molecule has 15 heavy (non-hydrogen) atoms. The third-order valence-corrected chi connectivity index (χ3v) is 2.24. The zero-order valence-electron chi connectivity index (χ0n) is 9.40. The molecule has 0 atom stereocenters. The first-order valence-electron chi connectivity index (χ1n) is 5.22. The molecular weight excluding hydrogens is 275 g/mol. The third kappa shape index (κ3) is 9.37. The Morgan fingerprint density at radius 2 is 1.87 bits per heavy atom. The van der Waals surface area contributed by atoms with Crippen molar-refractivity contribution < 1.29 is 13.1 Å². The van der Waals surface area contributed by atoms with E-state index in [0.717, 1.165) is 6.67 Å². The van der Waals surface area contributed by atoms with Gasteiger partial charge in [0.25, 0.3) is 0 Å². The van der Waals surface area contributed by atoms with Crippen molar-refractivity contribution in [1.29, 1.82) is 0 Å². The summed E-state index contributed by atoms with van der Waals surface area (Å²) in [5, 5.41) is 0. The van der Waals surface area contributed by atoms with Crippen LogP contribution in [0.25, 0.3) is 0 Å². The normalized spacial score (nSPS) is 14.4. The van der Waals surface area contributed by atoms with E-state index < -0.39 is 0 Å². The molecule has 1 heterocycles. The van der Waals surface area contributed by atoms with Gasteiger partial charge in [0.05, 0.1) is 6.67 Å². The molecule has 0 N–H and O–H groups in total. The molecule has 92 valence electrons. The molecule has 0 aliphatic carbocycles. The fourth-order valence-corrected chi connectivity index (χ4v) is 1.48. The standard InChI is InChI=1S/C10H20N2.2ClH.Fe/c1-3-4-5-6-7-12-9-8-11(2)10-12;;;/h8-9H,3-7,10H2,1-2H3;2*1H;/q;;;+2/p-2. The average molecular weight is 295 g/mol. The first-order chi connectivity index (χ1) is 7.24. The molecule has 0 aromatic carbocycles. The molecule has 0 aromatic rings. The summed E-state index contributed by atoms with van der Waals surface area (Å²) in [6, 6.07) is 0. The van der Waals surface area contributed by atoms with E-state index in [1.54, 1.807) is 0 Å². The Bertz CT molecular complexity index is 168. The second kappa shape index (κ2) is 10.9. The van der Waals surface area contributed by atoms with Crippen molar-refractivity contribution in [3.63, 3.8) is 0 Å². The SMILES string of the molecule is CCCCCCN1C=CN(C)C1.[Cl][Fe][Cl]. The Kier molecular flexibility index (Phi) is 11.3. The molecule has 0 bridgehead atoms. The Morgan fingerprint density at radius 1 is 1.20 bits per heavy atom. The Balaban J connectivity index is 0.000000583. The minimum atomic E-state index is 0.194. The van der Waals surface area contributed by atoms with E-state index in [1.165, 1.54) is 32.2 Å². The van der Waals surface area contributed by atoms with Crippen molar-refractivity contribution in [2.24, 2.45) is 0 Å². The van der Waals surface area contributed by atoms with Crippen LogP contribution in [-0.2, 0) is 13.1 Å². The van der Waals surface area contributed by atoms with E-state index in [2.05, 4.69) is 36.2 Å². The number of halogens is 2. The summed E-state index contributed by atoms with van der Waals surface area (Å²) in [6.45, 7) is 4.55. The van der Waals surface area contributed by atoms with Crippen LogP contribution in [0.2, 0.25) is 0 Å². The van der Waals surface area contributed by atoms with Crippen LogP contribution in [0.5, 0.6) is 0 Å². The van der Waals surface area contributed by atoms with E-state index in [0.29, 0.717) is 0 Å². The molecule has 0 saturated carbocycles. The summed E-state index contributed by atoms with van der Waals surface area (Å²) in [5.41, 5.74) is 0. The molecule has 0 fully saturated rings. The molecule has 2 nitrogen and oxygen atoms in total. The number of unbranched alkanes of at least 4 members (excludes halogenated alkanes) is 3. The second-order valence-corrected chi connectivity index (χ2v) is 5.44. The van der Waals surface area contributed by atoms with Crippen LogP contribution in [0.1, 0.15) is 32.6 Å². The summed E-state index contributed by atoms with van der Waals surface area (Å²) in [4.78, 5) is 4.58. The summed E-state index contributed by atoms with van der Waals surface area (Å²) >= 11 is 0.194. The van der Waals surface area contributed by atoms with Crippen LogP contribution in [0.15, 0.2) is 12.4 Å². The first-order valence-corrected chi connectivity index (χ1v) is 8.26. The molecule has 0 amide bonds. The van der Waals surface area contributed by atoms with E-state index in [9.17, 15) is 0 Å². The summed E-state index contributed by atoms with van der Waals surface area (Å²) in [5.74, 6) is 0. The van der Waals surface area contributed by atoms with Crippen LogP contribution in [0.4, 0.5) is 0 Å². The van der Waals surface area contributed by atoms with Crippen LogP contribution in [0, 0.1) is 0 Å². The Hall–Kier alpha value is 0.439. The van der Waals surface area contributed by atoms with Crippen molar-refractivity contribution in [3.8, 4) is 0 Å². The van der Waals surface area contributed by atoms with Crippen molar-refractivity contribution in [1.82, 2.24) is 9.80 Å². The fourth-order valence-electron chi connectivity index (χ4n) is 1.48. The molecule has 0 radical (unpaired) electrons. The van der Waals surface area contributed by atoms with Gasteiger partial charge in [0, 0.05) is 26.0 Å². The van der Waals surface area contributed by atoms with E-state index in [1.807, 2.05) is 0 Å². The van der Waals surface area contributed by atoms with Gasteiger partial charge in [-0.1, -0.05) is 26.2 Å². The van der Waals surface area contributed by atoms with Gasteiger partial charge in [0.1, 0.15) is 0 Å². The van der Waals surface area contributed by atoms with Crippen LogP contribution < -0.4 is 0 Å². The zero-order valence-corrected chi connectivity index (χ0v) is 12.0. The maximum atomic E-state index is 4.76. The van der Waals surface area contributed by atoms with E-state index in [-0.39, 0.29) is 13.1 Å². The zero-order chi connectivity index (χ0) is 11.5. The summed E-state index contributed by atoms with van der Waals surface area (Å²) in [6.07, 6.45) is 9.76. The van der Waals surface area contributed by atoms with Gasteiger partial charge in [-0.3, -0.25) is 0 Å².